The smallest absolute Gasteiger partial charge is 0.0364 e. The van der Waals surface area contributed by atoms with E-state index in [0.717, 1.165) is 11.8 Å². The van der Waals surface area contributed by atoms with Gasteiger partial charge < -0.3 is 0 Å². The summed E-state index contributed by atoms with van der Waals surface area (Å²) in [6.07, 6.45) is 7.97. The van der Waals surface area contributed by atoms with E-state index in [0.29, 0.717) is 10.8 Å². The molecular formula is C14H27Cl. The van der Waals surface area contributed by atoms with E-state index in [1.54, 1.807) is 0 Å². The molecule has 1 saturated carbocycles. The Labute approximate surface area is 101 Å². The largest absolute Gasteiger partial charge is 0.123 e. The molecule has 0 radical (unpaired) electrons. The molecule has 3 unspecified atom stereocenters. The van der Waals surface area contributed by atoms with E-state index in [4.69, 9.17) is 11.6 Å². The molecule has 1 rings (SSSR count). The summed E-state index contributed by atoms with van der Waals surface area (Å²) in [5.74, 6) is 1.73. The van der Waals surface area contributed by atoms with E-state index in [1.807, 2.05) is 0 Å². The predicted molar refractivity (Wildman–Crippen MR) is 69.5 cm³/mol. The van der Waals surface area contributed by atoms with Crippen LogP contribution in [0.3, 0.4) is 0 Å². The molecule has 1 aliphatic carbocycles. The van der Waals surface area contributed by atoms with Crippen LogP contribution in [-0.4, -0.2) is 5.38 Å². The van der Waals surface area contributed by atoms with Gasteiger partial charge >= 0.3 is 0 Å². The van der Waals surface area contributed by atoms with Gasteiger partial charge in [0.05, 0.1) is 0 Å². The summed E-state index contributed by atoms with van der Waals surface area (Å²) >= 11 is 6.43. The van der Waals surface area contributed by atoms with Crippen LogP contribution in [0.2, 0.25) is 0 Å². The Morgan fingerprint density at radius 1 is 1.20 bits per heavy atom. The van der Waals surface area contributed by atoms with Crippen LogP contribution in [0.25, 0.3) is 0 Å². The molecule has 0 amide bonds. The van der Waals surface area contributed by atoms with Crippen LogP contribution >= 0.6 is 11.6 Å². The van der Waals surface area contributed by atoms with E-state index >= 15 is 0 Å². The molecular weight excluding hydrogens is 204 g/mol. The maximum absolute atomic E-state index is 6.43. The SMILES string of the molecule is CCC1CCC(Cl)C(CCC(C)(C)C)C1. The Morgan fingerprint density at radius 2 is 1.87 bits per heavy atom. The van der Waals surface area contributed by atoms with Gasteiger partial charge in [0.25, 0.3) is 0 Å². The van der Waals surface area contributed by atoms with Crippen molar-refractivity contribution in [2.45, 2.75) is 71.6 Å². The Hall–Kier alpha value is 0.290. The molecule has 1 aliphatic rings. The lowest BCUT2D eigenvalue weighted by Gasteiger charge is -2.34. The Kier molecular flexibility index (Phi) is 4.96. The lowest BCUT2D eigenvalue weighted by Crippen LogP contribution is -2.26. The molecule has 0 spiro atoms. The van der Waals surface area contributed by atoms with Crippen LogP contribution in [0.1, 0.15) is 66.2 Å². The van der Waals surface area contributed by atoms with Crippen LogP contribution in [0.4, 0.5) is 0 Å². The normalized spacial score (nSPS) is 33.0. The van der Waals surface area contributed by atoms with Gasteiger partial charge in [0, 0.05) is 5.38 Å². The van der Waals surface area contributed by atoms with Crippen molar-refractivity contribution in [3.8, 4) is 0 Å². The van der Waals surface area contributed by atoms with Crippen LogP contribution in [-0.2, 0) is 0 Å². The van der Waals surface area contributed by atoms with Crippen LogP contribution in [0, 0.1) is 17.3 Å². The third-order valence-electron chi connectivity index (χ3n) is 3.84. The number of hydrogen-bond donors (Lipinski definition) is 0. The van der Waals surface area contributed by atoms with Crippen LogP contribution in [0.5, 0.6) is 0 Å². The minimum Gasteiger partial charge on any atom is -0.123 e. The van der Waals surface area contributed by atoms with E-state index in [9.17, 15) is 0 Å². The number of halogens is 1. The van der Waals surface area contributed by atoms with Gasteiger partial charge in [-0.15, -0.1) is 11.6 Å². The third kappa shape index (κ3) is 4.76. The predicted octanol–water partition coefficient (Wildman–Crippen LogP) is 5.25. The molecule has 1 fully saturated rings. The minimum absolute atomic E-state index is 0.454. The topological polar surface area (TPSA) is 0 Å². The molecule has 0 nitrogen and oxygen atoms in total. The van der Waals surface area contributed by atoms with Gasteiger partial charge in [0.15, 0.2) is 0 Å². The fourth-order valence-corrected chi connectivity index (χ4v) is 2.97. The molecule has 0 bridgehead atoms. The molecule has 15 heavy (non-hydrogen) atoms. The highest BCUT2D eigenvalue weighted by Gasteiger charge is 2.28. The van der Waals surface area contributed by atoms with E-state index in [1.165, 1.54) is 38.5 Å². The summed E-state index contributed by atoms with van der Waals surface area (Å²) in [6, 6.07) is 0. The molecule has 1 heteroatoms. The standard InChI is InChI=1S/C14H27Cl/c1-5-11-6-7-13(15)12(10-11)8-9-14(2,3)4/h11-13H,5-10H2,1-4H3. The quantitative estimate of drug-likeness (QED) is 0.582. The van der Waals surface area contributed by atoms with Gasteiger partial charge in [-0.25, -0.2) is 0 Å². The number of hydrogen-bond acceptors (Lipinski definition) is 0. The Balaban J connectivity index is 2.38. The fourth-order valence-electron chi connectivity index (χ4n) is 2.61. The summed E-state index contributed by atoms with van der Waals surface area (Å²) in [6.45, 7) is 9.31. The molecule has 0 aromatic rings. The van der Waals surface area contributed by atoms with Crippen molar-refractivity contribution in [3.63, 3.8) is 0 Å². The van der Waals surface area contributed by atoms with Crippen molar-refractivity contribution in [2.75, 3.05) is 0 Å². The Bertz CT molecular complexity index is 180. The van der Waals surface area contributed by atoms with Crippen molar-refractivity contribution < 1.29 is 0 Å². The maximum Gasteiger partial charge on any atom is 0.0364 e. The maximum atomic E-state index is 6.43. The second-order valence-corrected chi connectivity index (χ2v) is 7.02. The van der Waals surface area contributed by atoms with Gasteiger partial charge in [-0.05, 0) is 49.4 Å². The first kappa shape index (κ1) is 13.4. The molecule has 0 aromatic carbocycles. The van der Waals surface area contributed by atoms with Gasteiger partial charge in [0.1, 0.15) is 0 Å². The van der Waals surface area contributed by atoms with E-state index in [-0.39, 0.29) is 0 Å². The summed E-state index contributed by atoms with van der Waals surface area (Å²) in [5, 5.41) is 0.454. The fraction of sp³-hybridized carbons (Fsp3) is 1.00. The zero-order valence-electron chi connectivity index (χ0n) is 10.9. The Morgan fingerprint density at radius 3 is 2.40 bits per heavy atom. The van der Waals surface area contributed by atoms with Crippen molar-refractivity contribution in [1.82, 2.24) is 0 Å². The highest BCUT2D eigenvalue weighted by molar-refractivity contribution is 6.20. The molecule has 90 valence electrons. The van der Waals surface area contributed by atoms with Crippen LogP contribution in [0.15, 0.2) is 0 Å². The lowest BCUT2D eigenvalue weighted by molar-refractivity contribution is 0.226. The second kappa shape index (κ2) is 5.57. The average molecular weight is 231 g/mol. The lowest BCUT2D eigenvalue weighted by atomic mass is 9.75. The molecule has 0 saturated heterocycles. The van der Waals surface area contributed by atoms with Crippen molar-refractivity contribution in [3.05, 3.63) is 0 Å². The highest BCUT2D eigenvalue weighted by atomic mass is 35.5. The van der Waals surface area contributed by atoms with Gasteiger partial charge in [-0.2, -0.15) is 0 Å². The zero-order valence-corrected chi connectivity index (χ0v) is 11.6. The molecule has 0 aliphatic heterocycles. The first-order valence-corrected chi connectivity index (χ1v) is 7.00. The highest BCUT2D eigenvalue weighted by Crippen LogP contribution is 2.38. The van der Waals surface area contributed by atoms with Gasteiger partial charge in [-0.3, -0.25) is 0 Å². The van der Waals surface area contributed by atoms with Crippen molar-refractivity contribution >= 4 is 11.6 Å². The molecule has 3 atom stereocenters. The first-order valence-electron chi connectivity index (χ1n) is 6.56. The van der Waals surface area contributed by atoms with Crippen molar-refractivity contribution in [1.29, 1.82) is 0 Å². The van der Waals surface area contributed by atoms with E-state index in [2.05, 4.69) is 27.7 Å². The van der Waals surface area contributed by atoms with E-state index < -0.39 is 0 Å². The molecule has 0 aromatic heterocycles. The first-order chi connectivity index (χ1) is 6.92. The molecule has 0 heterocycles. The third-order valence-corrected chi connectivity index (χ3v) is 4.42. The zero-order chi connectivity index (χ0) is 11.5. The minimum atomic E-state index is 0.454. The van der Waals surface area contributed by atoms with Gasteiger partial charge in [0.2, 0.25) is 0 Å². The van der Waals surface area contributed by atoms with Gasteiger partial charge in [-0.1, -0.05) is 34.1 Å². The average Bonchev–Trinajstić information content (AvgIpc) is 2.15. The summed E-state index contributed by atoms with van der Waals surface area (Å²) in [7, 11) is 0. The summed E-state index contributed by atoms with van der Waals surface area (Å²) in [5.41, 5.74) is 0.468. The molecule has 0 N–H and O–H groups in total. The second-order valence-electron chi connectivity index (χ2n) is 6.46. The summed E-state index contributed by atoms with van der Waals surface area (Å²) < 4.78 is 0. The monoisotopic (exact) mass is 230 g/mol. The number of rotatable bonds is 3. The number of alkyl halides is 1. The van der Waals surface area contributed by atoms with Crippen LogP contribution < -0.4 is 0 Å². The van der Waals surface area contributed by atoms with Crippen molar-refractivity contribution in [2.24, 2.45) is 17.3 Å². The summed E-state index contributed by atoms with van der Waals surface area (Å²) in [4.78, 5) is 0.